The van der Waals surface area contributed by atoms with Crippen molar-refractivity contribution in [3.63, 3.8) is 0 Å². The summed E-state index contributed by atoms with van der Waals surface area (Å²) in [7, 11) is 0. The van der Waals surface area contributed by atoms with Gasteiger partial charge in [0.2, 0.25) is 0 Å². The molecule has 4 nitrogen and oxygen atoms in total. The second-order valence-corrected chi connectivity index (χ2v) is 8.17. The molecule has 0 unspecified atom stereocenters. The summed E-state index contributed by atoms with van der Waals surface area (Å²) >= 11 is 0. The van der Waals surface area contributed by atoms with E-state index < -0.39 is 30.5 Å². The normalized spacial score (nSPS) is 38.6. The first-order chi connectivity index (χ1) is 11.4. The van der Waals surface area contributed by atoms with Crippen LogP contribution in [-0.4, -0.2) is 35.6 Å². The summed E-state index contributed by atoms with van der Waals surface area (Å²) in [5, 5.41) is 12.7. The van der Waals surface area contributed by atoms with Crippen LogP contribution in [0.25, 0.3) is 0 Å². The van der Waals surface area contributed by atoms with Crippen LogP contribution in [0.3, 0.4) is 0 Å². The molecule has 2 N–H and O–H groups in total. The molecule has 144 valence electrons. The van der Waals surface area contributed by atoms with Crippen molar-refractivity contribution in [2.75, 3.05) is 6.54 Å². The second kappa shape index (κ2) is 6.82. The molecule has 5 atom stereocenters. The average molecular weight is 363 g/mol. The number of fused-ring (bicyclic) bond motifs is 1. The Kier molecular flexibility index (Phi) is 5.47. The zero-order valence-electron chi connectivity index (χ0n) is 15.1. The first kappa shape index (κ1) is 20.1. The van der Waals surface area contributed by atoms with Crippen LogP contribution in [-0.2, 0) is 4.74 Å². The number of hydrogen-bond acceptors (Lipinski definition) is 3. The first-order valence-corrected chi connectivity index (χ1v) is 8.75. The number of nitrogens with one attached hydrogen (secondary N) is 1. The van der Waals surface area contributed by atoms with Crippen LogP contribution < -0.4 is 5.32 Å². The first-order valence-electron chi connectivity index (χ1n) is 8.75. The van der Waals surface area contributed by atoms with E-state index in [0.29, 0.717) is 6.42 Å². The lowest BCUT2D eigenvalue weighted by Crippen LogP contribution is -2.59. The molecule has 2 saturated carbocycles. The Morgan fingerprint density at radius 2 is 1.96 bits per heavy atom. The fourth-order valence-electron chi connectivity index (χ4n) is 4.84. The third-order valence-corrected chi connectivity index (χ3v) is 5.91. The van der Waals surface area contributed by atoms with Gasteiger partial charge in [0.25, 0.3) is 0 Å². The minimum Gasteiger partial charge on any atom is -0.445 e. The molecular weight excluding hydrogens is 335 g/mol. The van der Waals surface area contributed by atoms with Gasteiger partial charge in [-0.05, 0) is 44.9 Å². The van der Waals surface area contributed by atoms with E-state index in [1.165, 1.54) is 0 Å². The largest absolute Gasteiger partial charge is 0.445 e. The predicted octanol–water partition coefficient (Wildman–Crippen LogP) is 4.19. The van der Waals surface area contributed by atoms with Gasteiger partial charge in [0.1, 0.15) is 12.6 Å². The Bertz CT molecular complexity index is 532. The smallest absolute Gasteiger partial charge is 0.407 e. The Morgan fingerprint density at radius 1 is 1.32 bits per heavy atom. The van der Waals surface area contributed by atoms with Crippen molar-refractivity contribution in [1.82, 2.24) is 5.32 Å². The summed E-state index contributed by atoms with van der Waals surface area (Å²) in [4.78, 5) is 12.0. The number of amides is 1. The monoisotopic (exact) mass is 363 g/mol. The molecule has 2 aliphatic rings. The number of aliphatic hydroxyl groups is 1. The quantitative estimate of drug-likeness (QED) is 0.740. The Morgan fingerprint density at radius 3 is 2.52 bits per heavy atom. The molecule has 25 heavy (non-hydrogen) atoms. The highest BCUT2D eigenvalue weighted by Gasteiger charge is 2.57. The van der Waals surface area contributed by atoms with Crippen molar-refractivity contribution < 1.29 is 27.8 Å². The van der Waals surface area contributed by atoms with E-state index in [4.69, 9.17) is 4.74 Å². The molecule has 2 aliphatic carbocycles. The molecule has 0 aromatic heterocycles. The summed E-state index contributed by atoms with van der Waals surface area (Å²) in [6.07, 6.45) is -2.29. The van der Waals surface area contributed by atoms with Crippen molar-refractivity contribution in [1.29, 1.82) is 0 Å². The van der Waals surface area contributed by atoms with Crippen molar-refractivity contribution in [3.8, 4) is 0 Å². The standard InChI is InChI=1S/C18H28F3NO3/c1-11(2)12-6-9-16(3)7-5-8-17(4,24)14(16)13(12)25-15(23)22-10-18(19,20)21/h12-14,24H,1,5-10H2,2-4H3,(H,22,23)/t12-,13-,14+,16+,17+/m0/s1. The molecule has 2 rings (SSSR count). The highest BCUT2D eigenvalue weighted by atomic mass is 19.4. The molecule has 7 heteroatoms. The van der Waals surface area contributed by atoms with E-state index in [2.05, 4.69) is 13.5 Å². The second-order valence-electron chi connectivity index (χ2n) is 8.17. The van der Waals surface area contributed by atoms with Crippen LogP contribution in [0.2, 0.25) is 0 Å². The highest BCUT2D eigenvalue weighted by molar-refractivity contribution is 5.67. The lowest BCUT2D eigenvalue weighted by Gasteiger charge is -2.57. The summed E-state index contributed by atoms with van der Waals surface area (Å²) in [5.74, 6) is -0.500. The van der Waals surface area contributed by atoms with E-state index >= 15 is 0 Å². The number of hydrogen-bond donors (Lipinski definition) is 2. The zero-order chi connectivity index (χ0) is 19.0. The SMILES string of the molecule is C=C(C)[C@@H]1CC[C@@]2(C)CCC[C@@](C)(O)[C@@H]2[C@H]1OC(=O)NCC(F)(F)F. The summed E-state index contributed by atoms with van der Waals surface area (Å²) in [6, 6.07) is 0. The maximum absolute atomic E-state index is 12.3. The van der Waals surface area contributed by atoms with Gasteiger partial charge in [-0.2, -0.15) is 13.2 Å². The molecule has 2 fully saturated rings. The Hall–Kier alpha value is -1.24. The molecule has 1 amide bonds. The molecule has 0 aliphatic heterocycles. The fraction of sp³-hybridized carbons (Fsp3) is 0.833. The van der Waals surface area contributed by atoms with Crippen LogP contribution in [0.15, 0.2) is 12.2 Å². The van der Waals surface area contributed by atoms with E-state index in [0.717, 1.165) is 31.3 Å². The minimum atomic E-state index is -4.50. The summed E-state index contributed by atoms with van der Waals surface area (Å²) < 4.78 is 42.4. The lowest BCUT2D eigenvalue weighted by molar-refractivity contribution is -0.175. The number of ether oxygens (including phenoxy) is 1. The topological polar surface area (TPSA) is 58.6 Å². The number of halogens is 3. The Labute approximate surface area is 146 Å². The molecule has 0 heterocycles. The highest BCUT2D eigenvalue weighted by Crippen LogP contribution is 2.57. The van der Waals surface area contributed by atoms with Gasteiger partial charge in [0.15, 0.2) is 0 Å². The van der Waals surface area contributed by atoms with Crippen molar-refractivity contribution in [2.24, 2.45) is 17.3 Å². The van der Waals surface area contributed by atoms with Gasteiger partial charge in [0.05, 0.1) is 5.60 Å². The molecule has 0 saturated heterocycles. The molecule has 0 radical (unpaired) electrons. The van der Waals surface area contributed by atoms with Gasteiger partial charge < -0.3 is 15.2 Å². The Balaban J connectivity index is 2.24. The van der Waals surface area contributed by atoms with Crippen molar-refractivity contribution in [3.05, 3.63) is 12.2 Å². The lowest BCUT2D eigenvalue weighted by atomic mass is 9.52. The summed E-state index contributed by atoms with van der Waals surface area (Å²) in [6.45, 7) is 8.16. The van der Waals surface area contributed by atoms with Crippen LogP contribution >= 0.6 is 0 Å². The minimum absolute atomic E-state index is 0.167. The van der Waals surface area contributed by atoms with E-state index in [9.17, 15) is 23.1 Å². The molecule has 0 spiro atoms. The van der Waals surface area contributed by atoms with Crippen LogP contribution in [0.5, 0.6) is 0 Å². The maximum atomic E-state index is 12.3. The van der Waals surface area contributed by atoms with Gasteiger partial charge >= 0.3 is 12.3 Å². The molecule has 0 aromatic carbocycles. The molecule has 0 bridgehead atoms. The number of alkyl carbamates (subject to hydrolysis) is 1. The fourth-order valence-corrected chi connectivity index (χ4v) is 4.84. The summed E-state index contributed by atoms with van der Waals surface area (Å²) in [5.41, 5.74) is -0.421. The number of carbonyl (C=O) groups is 1. The van der Waals surface area contributed by atoms with E-state index in [1.807, 2.05) is 6.92 Å². The van der Waals surface area contributed by atoms with E-state index in [1.54, 1.807) is 12.2 Å². The zero-order valence-corrected chi connectivity index (χ0v) is 15.1. The van der Waals surface area contributed by atoms with Gasteiger partial charge in [-0.25, -0.2) is 4.79 Å². The van der Waals surface area contributed by atoms with Crippen LogP contribution in [0, 0.1) is 17.3 Å². The maximum Gasteiger partial charge on any atom is 0.407 e. The van der Waals surface area contributed by atoms with Crippen LogP contribution in [0.1, 0.15) is 52.9 Å². The van der Waals surface area contributed by atoms with E-state index in [-0.39, 0.29) is 17.3 Å². The van der Waals surface area contributed by atoms with Gasteiger partial charge in [-0.3, -0.25) is 0 Å². The number of carbonyl (C=O) groups excluding carboxylic acids is 1. The van der Waals surface area contributed by atoms with Gasteiger partial charge in [0, 0.05) is 11.8 Å². The predicted molar refractivity (Wildman–Crippen MR) is 87.9 cm³/mol. The third kappa shape index (κ3) is 4.49. The van der Waals surface area contributed by atoms with Crippen LogP contribution in [0.4, 0.5) is 18.0 Å². The molecular formula is C18H28F3NO3. The average Bonchev–Trinajstić information content (AvgIpc) is 2.42. The third-order valence-electron chi connectivity index (χ3n) is 5.91. The number of alkyl halides is 3. The van der Waals surface area contributed by atoms with Crippen molar-refractivity contribution >= 4 is 6.09 Å². The van der Waals surface area contributed by atoms with Gasteiger partial charge in [-0.15, -0.1) is 0 Å². The van der Waals surface area contributed by atoms with Gasteiger partial charge in [-0.1, -0.05) is 25.5 Å². The molecule has 0 aromatic rings. The number of rotatable bonds is 3. The van der Waals surface area contributed by atoms with Crippen molar-refractivity contribution in [2.45, 2.75) is 70.8 Å².